The summed E-state index contributed by atoms with van der Waals surface area (Å²) < 4.78 is 1.55. The van der Waals surface area contributed by atoms with Crippen molar-refractivity contribution in [3.63, 3.8) is 0 Å². The van der Waals surface area contributed by atoms with Gasteiger partial charge in [0.25, 0.3) is 0 Å². The van der Waals surface area contributed by atoms with Gasteiger partial charge >= 0.3 is 0 Å². The monoisotopic (exact) mass is 371 g/mol. The van der Waals surface area contributed by atoms with E-state index in [0.29, 0.717) is 5.16 Å². The zero-order valence-corrected chi connectivity index (χ0v) is 15.4. The van der Waals surface area contributed by atoms with Gasteiger partial charge in [-0.2, -0.15) is 0 Å². The molecular weight excluding hydrogens is 354 g/mol. The molecule has 0 aliphatic heterocycles. The molecule has 0 radical (unpaired) electrons. The van der Waals surface area contributed by atoms with Crippen molar-refractivity contribution < 1.29 is 4.79 Å². The predicted octanol–water partition coefficient (Wildman–Crippen LogP) is 3.48. The van der Waals surface area contributed by atoms with E-state index < -0.39 is 0 Å². The Morgan fingerprint density at radius 2 is 1.84 bits per heavy atom. The summed E-state index contributed by atoms with van der Waals surface area (Å²) in [7, 11) is 1.75. The molecule has 3 aromatic rings. The largest absolute Gasteiger partial charge is 0.324 e. The van der Waals surface area contributed by atoms with Gasteiger partial charge in [-0.1, -0.05) is 53.9 Å². The van der Waals surface area contributed by atoms with E-state index in [0.717, 1.165) is 15.5 Å². The molecule has 25 heavy (non-hydrogen) atoms. The van der Waals surface area contributed by atoms with Crippen LogP contribution >= 0.6 is 23.5 Å². The second-order valence-corrected chi connectivity index (χ2v) is 7.67. The summed E-state index contributed by atoms with van der Waals surface area (Å²) in [4.78, 5) is 14.7. The molecule has 1 unspecified atom stereocenters. The lowest BCUT2D eigenvalue weighted by atomic mass is 10.3. The highest BCUT2D eigenvalue weighted by molar-refractivity contribution is 8.00. The lowest BCUT2D eigenvalue weighted by Crippen LogP contribution is -2.23. The van der Waals surface area contributed by atoms with Crippen LogP contribution in [0.2, 0.25) is 0 Å². The van der Waals surface area contributed by atoms with Crippen molar-refractivity contribution in [3.8, 4) is 0 Å². The topological polar surface area (TPSA) is 72.7 Å². The first kappa shape index (κ1) is 17.5. The quantitative estimate of drug-likeness (QED) is 0.669. The van der Waals surface area contributed by atoms with Crippen LogP contribution in [0.3, 0.4) is 0 Å². The number of nitrogens with zero attached hydrogens (tertiary/aromatic N) is 4. The number of carbonyl (C=O) groups excluding carboxylic acids is 1. The maximum atomic E-state index is 12.5. The Labute approximate surface area is 154 Å². The predicted molar refractivity (Wildman–Crippen MR) is 99.8 cm³/mol. The number of aryl methyl sites for hydroxylation is 1. The van der Waals surface area contributed by atoms with Crippen LogP contribution in [-0.4, -0.2) is 31.4 Å². The van der Waals surface area contributed by atoms with Gasteiger partial charge in [0, 0.05) is 16.8 Å². The average molecular weight is 371 g/mol. The Bertz CT molecular complexity index is 853. The molecular formula is C17H17N5OS2. The van der Waals surface area contributed by atoms with Gasteiger partial charge in [0.1, 0.15) is 0 Å². The molecule has 1 atom stereocenters. The number of para-hydroxylation sites is 1. The minimum absolute atomic E-state index is 0.0888. The van der Waals surface area contributed by atoms with E-state index in [1.807, 2.05) is 61.5 Å². The van der Waals surface area contributed by atoms with Gasteiger partial charge in [-0.3, -0.25) is 4.79 Å². The summed E-state index contributed by atoms with van der Waals surface area (Å²) in [6, 6.07) is 17.8. The lowest BCUT2D eigenvalue weighted by molar-refractivity contribution is -0.115. The molecule has 1 N–H and O–H groups in total. The summed E-state index contributed by atoms with van der Waals surface area (Å²) >= 11 is 2.94. The summed E-state index contributed by atoms with van der Waals surface area (Å²) in [5, 5.41) is 14.5. The van der Waals surface area contributed by atoms with Crippen LogP contribution in [0.5, 0.6) is 0 Å². The number of amides is 1. The second kappa shape index (κ2) is 8.17. The minimum Gasteiger partial charge on any atom is -0.324 e. The molecule has 1 heterocycles. The lowest BCUT2D eigenvalue weighted by Gasteiger charge is -2.14. The molecule has 2 aromatic carbocycles. The van der Waals surface area contributed by atoms with Gasteiger partial charge in [-0.15, -0.1) is 5.10 Å². The molecule has 8 heteroatoms. The van der Waals surface area contributed by atoms with Crippen molar-refractivity contribution in [2.45, 2.75) is 27.1 Å². The zero-order valence-electron chi connectivity index (χ0n) is 13.8. The van der Waals surface area contributed by atoms with Crippen molar-refractivity contribution in [1.29, 1.82) is 0 Å². The van der Waals surface area contributed by atoms with Crippen LogP contribution < -0.4 is 5.32 Å². The molecule has 0 saturated heterocycles. The molecule has 6 nitrogen and oxygen atoms in total. The summed E-state index contributed by atoms with van der Waals surface area (Å²) in [6.07, 6.45) is 0. The molecule has 1 aromatic heterocycles. The first-order valence-electron chi connectivity index (χ1n) is 7.65. The molecule has 0 aliphatic carbocycles. The molecule has 128 valence electrons. The number of nitrogens with one attached hydrogen (secondary N) is 1. The van der Waals surface area contributed by atoms with Crippen LogP contribution in [0, 0.1) is 0 Å². The van der Waals surface area contributed by atoms with Gasteiger partial charge in [0.2, 0.25) is 11.1 Å². The first-order valence-corrected chi connectivity index (χ1v) is 9.35. The third-order valence-corrected chi connectivity index (χ3v) is 5.56. The number of benzene rings is 2. The van der Waals surface area contributed by atoms with Crippen LogP contribution in [-0.2, 0) is 11.8 Å². The third-order valence-electron chi connectivity index (χ3n) is 3.35. The van der Waals surface area contributed by atoms with Crippen molar-refractivity contribution >= 4 is 35.1 Å². The normalized spacial score (nSPS) is 11.9. The zero-order chi connectivity index (χ0) is 17.6. The number of anilines is 1. The molecule has 0 aliphatic rings. The van der Waals surface area contributed by atoms with Crippen LogP contribution in [0.25, 0.3) is 0 Å². The molecule has 0 bridgehead atoms. The van der Waals surface area contributed by atoms with Crippen LogP contribution in [0.15, 0.2) is 69.5 Å². The van der Waals surface area contributed by atoms with Gasteiger partial charge in [-0.05, 0) is 41.6 Å². The van der Waals surface area contributed by atoms with Gasteiger partial charge in [-0.25, -0.2) is 4.68 Å². The third kappa shape index (κ3) is 4.61. The number of carbonyl (C=O) groups is 1. The number of hydrogen-bond acceptors (Lipinski definition) is 6. The maximum Gasteiger partial charge on any atom is 0.237 e. The highest BCUT2D eigenvalue weighted by Crippen LogP contribution is 2.33. The Morgan fingerprint density at radius 3 is 2.56 bits per heavy atom. The minimum atomic E-state index is -0.320. The number of rotatable bonds is 6. The number of thioether (sulfide) groups is 1. The summed E-state index contributed by atoms with van der Waals surface area (Å²) in [6.45, 7) is 1.83. The molecule has 0 spiro atoms. The summed E-state index contributed by atoms with van der Waals surface area (Å²) in [5.74, 6) is -0.0888. The Kier molecular flexibility index (Phi) is 5.72. The average Bonchev–Trinajstić information content (AvgIpc) is 3.02. The Hall–Kier alpha value is -2.32. The van der Waals surface area contributed by atoms with E-state index in [-0.39, 0.29) is 11.2 Å². The number of hydrogen-bond donors (Lipinski definition) is 1. The van der Waals surface area contributed by atoms with Crippen LogP contribution in [0.1, 0.15) is 6.92 Å². The van der Waals surface area contributed by atoms with E-state index >= 15 is 0 Å². The highest BCUT2D eigenvalue weighted by Gasteiger charge is 2.18. The Morgan fingerprint density at radius 1 is 1.12 bits per heavy atom. The fourth-order valence-corrected chi connectivity index (χ4v) is 3.72. The molecule has 0 saturated carbocycles. The molecule has 1 amide bonds. The number of aromatic nitrogens is 4. The van der Waals surface area contributed by atoms with E-state index in [9.17, 15) is 4.79 Å². The number of tetrazole rings is 1. The van der Waals surface area contributed by atoms with Gasteiger partial charge in [0.15, 0.2) is 0 Å². The maximum absolute atomic E-state index is 12.5. The standard InChI is InChI=1S/C17H17N5OS2/c1-12(24-17-19-20-21-22(17)2)16(23)18-14-10-6-7-11-15(14)25-13-8-4-3-5-9-13/h3-12H,1-2H3,(H,18,23). The SMILES string of the molecule is CC(Sc1nnnn1C)C(=O)Nc1ccccc1Sc1ccccc1. The fraction of sp³-hybridized carbons (Fsp3) is 0.176. The van der Waals surface area contributed by atoms with E-state index in [1.165, 1.54) is 11.8 Å². The Balaban J connectivity index is 1.70. The summed E-state index contributed by atoms with van der Waals surface area (Å²) in [5.41, 5.74) is 0.796. The van der Waals surface area contributed by atoms with Crippen molar-refractivity contribution in [2.24, 2.45) is 7.05 Å². The fourth-order valence-electron chi connectivity index (χ4n) is 2.04. The molecule has 0 fully saturated rings. The van der Waals surface area contributed by atoms with E-state index in [1.54, 1.807) is 23.5 Å². The van der Waals surface area contributed by atoms with Crippen LogP contribution in [0.4, 0.5) is 5.69 Å². The van der Waals surface area contributed by atoms with Crippen molar-refractivity contribution in [1.82, 2.24) is 20.2 Å². The smallest absolute Gasteiger partial charge is 0.237 e. The second-order valence-electron chi connectivity index (χ2n) is 5.25. The van der Waals surface area contributed by atoms with Crippen molar-refractivity contribution in [2.75, 3.05) is 5.32 Å². The first-order chi connectivity index (χ1) is 12.1. The van der Waals surface area contributed by atoms with E-state index in [4.69, 9.17) is 0 Å². The van der Waals surface area contributed by atoms with Gasteiger partial charge in [0.05, 0.1) is 10.9 Å². The highest BCUT2D eigenvalue weighted by atomic mass is 32.2. The van der Waals surface area contributed by atoms with Crippen molar-refractivity contribution in [3.05, 3.63) is 54.6 Å². The molecule has 3 rings (SSSR count). The van der Waals surface area contributed by atoms with E-state index in [2.05, 4.69) is 20.8 Å². The van der Waals surface area contributed by atoms with Gasteiger partial charge < -0.3 is 5.32 Å².